The van der Waals surface area contributed by atoms with Gasteiger partial charge in [0.1, 0.15) is 11.6 Å². The molecule has 6 heteroatoms. The Bertz CT molecular complexity index is 654. The van der Waals surface area contributed by atoms with E-state index in [9.17, 15) is 4.79 Å². The van der Waals surface area contributed by atoms with Crippen LogP contribution in [0, 0.1) is 6.92 Å². The predicted octanol–water partition coefficient (Wildman–Crippen LogP) is 2.89. The fraction of sp³-hybridized carbons (Fsp3) is 0.444. The van der Waals surface area contributed by atoms with Crippen LogP contribution < -0.4 is 10.1 Å². The Hall–Kier alpha value is -2.50. The SMILES string of the molecule is CCCOc1cccc(CCNC(=O)N(C)Cc2ncc(C)[nH]2)c1. The molecular weight excluding hydrogens is 304 g/mol. The van der Waals surface area contributed by atoms with E-state index >= 15 is 0 Å². The Balaban J connectivity index is 1.75. The molecule has 0 spiro atoms. The van der Waals surface area contributed by atoms with Crippen molar-refractivity contribution in [3.63, 3.8) is 0 Å². The van der Waals surface area contributed by atoms with E-state index in [2.05, 4.69) is 22.2 Å². The van der Waals surface area contributed by atoms with E-state index in [-0.39, 0.29) is 6.03 Å². The van der Waals surface area contributed by atoms with E-state index in [0.29, 0.717) is 13.1 Å². The average Bonchev–Trinajstić information content (AvgIpc) is 2.98. The summed E-state index contributed by atoms with van der Waals surface area (Å²) in [6, 6.07) is 7.89. The number of aryl methyl sites for hydroxylation is 1. The molecule has 2 N–H and O–H groups in total. The van der Waals surface area contributed by atoms with Gasteiger partial charge >= 0.3 is 6.03 Å². The standard InChI is InChI=1S/C18H26N4O2/c1-4-10-24-16-7-5-6-15(11-16)8-9-19-18(23)22(3)13-17-20-12-14(2)21-17/h5-7,11-12H,4,8-10,13H2,1-3H3,(H,19,23)(H,20,21). The molecule has 6 nitrogen and oxygen atoms in total. The van der Waals surface area contributed by atoms with Gasteiger partial charge < -0.3 is 19.9 Å². The first-order chi connectivity index (χ1) is 11.6. The van der Waals surface area contributed by atoms with Gasteiger partial charge in [-0.05, 0) is 37.5 Å². The molecule has 2 amide bonds. The van der Waals surface area contributed by atoms with Crippen molar-refractivity contribution in [2.24, 2.45) is 0 Å². The number of imidazole rings is 1. The van der Waals surface area contributed by atoms with Gasteiger partial charge in [-0.2, -0.15) is 0 Å². The zero-order valence-corrected chi connectivity index (χ0v) is 14.6. The second kappa shape index (κ2) is 8.96. The van der Waals surface area contributed by atoms with Crippen molar-refractivity contribution in [3.8, 4) is 5.75 Å². The van der Waals surface area contributed by atoms with Gasteiger partial charge in [-0.25, -0.2) is 9.78 Å². The van der Waals surface area contributed by atoms with Crippen molar-refractivity contribution in [1.29, 1.82) is 0 Å². The van der Waals surface area contributed by atoms with Crippen molar-refractivity contribution < 1.29 is 9.53 Å². The van der Waals surface area contributed by atoms with Crippen molar-refractivity contribution in [3.05, 3.63) is 47.5 Å². The molecule has 24 heavy (non-hydrogen) atoms. The fourth-order valence-electron chi connectivity index (χ4n) is 2.30. The molecule has 1 aromatic heterocycles. The number of aromatic amines is 1. The molecule has 0 unspecified atom stereocenters. The minimum absolute atomic E-state index is 0.109. The fourth-order valence-corrected chi connectivity index (χ4v) is 2.30. The number of ether oxygens (including phenoxy) is 1. The minimum atomic E-state index is -0.109. The average molecular weight is 330 g/mol. The summed E-state index contributed by atoms with van der Waals surface area (Å²) in [5, 5.41) is 2.93. The van der Waals surface area contributed by atoms with Crippen LogP contribution >= 0.6 is 0 Å². The van der Waals surface area contributed by atoms with Gasteiger partial charge in [0.05, 0.1) is 13.2 Å². The summed E-state index contributed by atoms with van der Waals surface area (Å²) in [4.78, 5) is 21.0. The van der Waals surface area contributed by atoms with Gasteiger partial charge in [-0.15, -0.1) is 0 Å². The smallest absolute Gasteiger partial charge is 0.317 e. The lowest BCUT2D eigenvalue weighted by molar-refractivity contribution is 0.206. The van der Waals surface area contributed by atoms with Crippen molar-refractivity contribution in [2.45, 2.75) is 33.2 Å². The maximum Gasteiger partial charge on any atom is 0.317 e. The minimum Gasteiger partial charge on any atom is -0.494 e. The van der Waals surface area contributed by atoms with Crippen LogP contribution in [-0.4, -0.2) is 41.1 Å². The Morgan fingerprint density at radius 3 is 2.96 bits per heavy atom. The maximum atomic E-state index is 12.1. The first-order valence-electron chi connectivity index (χ1n) is 8.29. The largest absolute Gasteiger partial charge is 0.494 e. The molecule has 0 aliphatic heterocycles. The highest BCUT2D eigenvalue weighted by Crippen LogP contribution is 2.13. The molecule has 130 valence electrons. The summed E-state index contributed by atoms with van der Waals surface area (Å²) in [6.07, 6.45) is 3.51. The van der Waals surface area contributed by atoms with E-state index in [4.69, 9.17) is 4.74 Å². The van der Waals surface area contributed by atoms with Gasteiger partial charge in [0.25, 0.3) is 0 Å². The van der Waals surface area contributed by atoms with Crippen LogP contribution in [0.4, 0.5) is 4.79 Å². The van der Waals surface area contributed by atoms with Crippen LogP contribution in [0.2, 0.25) is 0 Å². The molecule has 1 heterocycles. The molecule has 1 aromatic carbocycles. The van der Waals surface area contributed by atoms with Gasteiger partial charge in [0, 0.05) is 25.5 Å². The summed E-state index contributed by atoms with van der Waals surface area (Å²) >= 11 is 0. The number of benzene rings is 1. The second-order valence-electron chi connectivity index (χ2n) is 5.85. The molecule has 0 atom stereocenters. The lowest BCUT2D eigenvalue weighted by Gasteiger charge is -2.16. The Labute approximate surface area is 143 Å². The number of nitrogens with one attached hydrogen (secondary N) is 2. The number of carbonyl (C=O) groups excluding carboxylic acids is 1. The number of rotatable bonds is 8. The van der Waals surface area contributed by atoms with E-state index in [1.165, 1.54) is 0 Å². The van der Waals surface area contributed by atoms with Crippen LogP contribution in [0.15, 0.2) is 30.5 Å². The summed E-state index contributed by atoms with van der Waals surface area (Å²) in [7, 11) is 1.76. The Kier molecular flexibility index (Phi) is 6.66. The highest BCUT2D eigenvalue weighted by atomic mass is 16.5. The summed E-state index contributed by atoms with van der Waals surface area (Å²) in [5.41, 5.74) is 2.14. The predicted molar refractivity (Wildman–Crippen MR) is 94.1 cm³/mol. The third-order valence-electron chi connectivity index (χ3n) is 3.55. The first kappa shape index (κ1) is 17.8. The number of amides is 2. The molecule has 0 aliphatic carbocycles. The van der Waals surface area contributed by atoms with E-state index < -0.39 is 0 Å². The van der Waals surface area contributed by atoms with E-state index in [1.54, 1.807) is 18.1 Å². The van der Waals surface area contributed by atoms with Gasteiger partial charge in [-0.3, -0.25) is 0 Å². The van der Waals surface area contributed by atoms with Gasteiger partial charge in [0.15, 0.2) is 0 Å². The van der Waals surface area contributed by atoms with Gasteiger partial charge in [-0.1, -0.05) is 19.1 Å². The van der Waals surface area contributed by atoms with Crippen molar-refractivity contribution >= 4 is 6.03 Å². The number of aromatic nitrogens is 2. The molecule has 0 saturated heterocycles. The van der Waals surface area contributed by atoms with E-state index in [1.807, 2.05) is 31.2 Å². The number of H-pyrrole nitrogens is 1. The van der Waals surface area contributed by atoms with Crippen molar-refractivity contribution in [2.75, 3.05) is 20.2 Å². The number of urea groups is 1. The van der Waals surface area contributed by atoms with Crippen LogP contribution in [0.3, 0.4) is 0 Å². The number of nitrogens with zero attached hydrogens (tertiary/aromatic N) is 2. The lowest BCUT2D eigenvalue weighted by Crippen LogP contribution is -2.38. The quantitative estimate of drug-likeness (QED) is 0.782. The van der Waals surface area contributed by atoms with Crippen LogP contribution in [0.5, 0.6) is 5.75 Å². The molecular formula is C18H26N4O2. The third-order valence-corrected chi connectivity index (χ3v) is 3.55. The molecule has 2 rings (SSSR count). The zero-order chi connectivity index (χ0) is 17.4. The van der Waals surface area contributed by atoms with Gasteiger partial charge in [0.2, 0.25) is 0 Å². The van der Waals surface area contributed by atoms with E-state index in [0.717, 1.165) is 42.3 Å². The molecule has 0 saturated carbocycles. The summed E-state index contributed by atoms with van der Waals surface area (Å²) in [6.45, 7) is 5.78. The Morgan fingerprint density at radius 1 is 1.42 bits per heavy atom. The summed E-state index contributed by atoms with van der Waals surface area (Å²) in [5.74, 6) is 1.66. The molecule has 0 fully saturated rings. The Morgan fingerprint density at radius 2 is 2.25 bits per heavy atom. The zero-order valence-electron chi connectivity index (χ0n) is 14.6. The monoisotopic (exact) mass is 330 g/mol. The summed E-state index contributed by atoms with van der Waals surface area (Å²) < 4.78 is 5.62. The molecule has 0 bridgehead atoms. The number of hydrogen-bond acceptors (Lipinski definition) is 3. The maximum absolute atomic E-state index is 12.1. The third kappa shape index (κ3) is 5.61. The molecule has 0 aliphatic rings. The van der Waals surface area contributed by atoms with Crippen LogP contribution in [0.1, 0.15) is 30.4 Å². The number of hydrogen-bond donors (Lipinski definition) is 2. The van der Waals surface area contributed by atoms with Crippen molar-refractivity contribution in [1.82, 2.24) is 20.2 Å². The molecule has 2 aromatic rings. The van der Waals surface area contributed by atoms with Crippen LogP contribution in [-0.2, 0) is 13.0 Å². The number of carbonyl (C=O) groups is 1. The first-order valence-corrected chi connectivity index (χ1v) is 8.29. The topological polar surface area (TPSA) is 70.2 Å². The highest BCUT2D eigenvalue weighted by molar-refractivity contribution is 5.73. The highest BCUT2D eigenvalue weighted by Gasteiger charge is 2.10. The lowest BCUT2D eigenvalue weighted by atomic mass is 10.1. The second-order valence-corrected chi connectivity index (χ2v) is 5.85. The molecule has 0 radical (unpaired) electrons. The normalized spacial score (nSPS) is 10.5. The van der Waals surface area contributed by atoms with Crippen LogP contribution in [0.25, 0.3) is 0 Å².